The van der Waals surface area contributed by atoms with Crippen LogP contribution in [0.25, 0.3) is 0 Å². The Kier molecular flexibility index (Phi) is 5.93. The van der Waals surface area contributed by atoms with Crippen LogP contribution >= 0.6 is 0 Å². The van der Waals surface area contributed by atoms with Gasteiger partial charge in [-0.05, 0) is 24.3 Å². The van der Waals surface area contributed by atoms with E-state index in [1.165, 1.54) is 7.11 Å². The van der Waals surface area contributed by atoms with Crippen molar-refractivity contribution < 1.29 is 14.3 Å². The highest BCUT2D eigenvalue weighted by Gasteiger charge is 2.07. The maximum absolute atomic E-state index is 11.8. The molecule has 2 rings (SSSR count). The smallest absolute Gasteiger partial charge is 0.319 e. The van der Waals surface area contributed by atoms with Gasteiger partial charge in [0.2, 0.25) is 5.91 Å². The summed E-state index contributed by atoms with van der Waals surface area (Å²) in [7, 11) is 1.53. The maximum Gasteiger partial charge on any atom is 0.319 e. The molecule has 0 bridgehead atoms. The lowest BCUT2D eigenvalue weighted by Crippen LogP contribution is -2.31. The quantitative estimate of drug-likeness (QED) is 0.762. The zero-order chi connectivity index (χ0) is 16.5. The summed E-state index contributed by atoms with van der Waals surface area (Å²) >= 11 is 0. The van der Waals surface area contributed by atoms with Crippen molar-refractivity contribution in [2.24, 2.45) is 0 Å². The first-order valence-electron chi connectivity index (χ1n) is 7.07. The average Bonchev–Trinajstić information content (AvgIpc) is 2.56. The minimum atomic E-state index is -0.397. The minimum absolute atomic E-state index is 0.168. The van der Waals surface area contributed by atoms with Crippen LogP contribution in [0.4, 0.5) is 16.2 Å². The van der Waals surface area contributed by atoms with Crippen LogP contribution in [-0.4, -0.2) is 30.6 Å². The molecular weight excluding hydrogens is 296 g/mol. The molecule has 0 aliphatic heterocycles. The van der Waals surface area contributed by atoms with Crippen LogP contribution in [0.1, 0.15) is 6.42 Å². The van der Waals surface area contributed by atoms with Gasteiger partial charge in [-0.2, -0.15) is 0 Å². The fourth-order valence-corrected chi connectivity index (χ4v) is 1.86. The lowest BCUT2D eigenvalue weighted by molar-refractivity contribution is -0.116. The van der Waals surface area contributed by atoms with Gasteiger partial charge < -0.3 is 20.7 Å². The predicted octanol–water partition coefficient (Wildman–Crippen LogP) is 2.24. The number of hydrogen-bond donors (Lipinski definition) is 3. The number of urea groups is 1. The Labute approximate surface area is 134 Å². The van der Waals surface area contributed by atoms with Crippen molar-refractivity contribution in [3.63, 3.8) is 0 Å². The van der Waals surface area contributed by atoms with Crippen molar-refractivity contribution in [3.05, 3.63) is 48.8 Å². The SMILES string of the molecule is COc1ccccc1NC(=O)NCCC(=O)Nc1ccncc1. The number of hydrogen-bond acceptors (Lipinski definition) is 4. The predicted molar refractivity (Wildman–Crippen MR) is 87.5 cm³/mol. The van der Waals surface area contributed by atoms with Crippen molar-refractivity contribution in [2.75, 3.05) is 24.3 Å². The van der Waals surface area contributed by atoms with Crippen LogP contribution in [0.5, 0.6) is 5.75 Å². The molecule has 0 aliphatic rings. The largest absolute Gasteiger partial charge is 0.495 e. The first kappa shape index (κ1) is 16.3. The van der Waals surface area contributed by atoms with Crippen LogP contribution in [0.3, 0.4) is 0 Å². The number of methoxy groups -OCH3 is 1. The monoisotopic (exact) mass is 314 g/mol. The average molecular weight is 314 g/mol. The van der Waals surface area contributed by atoms with Crippen molar-refractivity contribution in [1.82, 2.24) is 10.3 Å². The second-order valence-corrected chi connectivity index (χ2v) is 4.62. The Balaban J connectivity index is 1.73. The van der Waals surface area contributed by atoms with E-state index in [0.717, 1.165) is 0 Å². The van der Waals surface area contributed by atoms with E-state index in [-0.39, 0.29) is 18.9 Å². The molecule has 3 amide bonds. The van der Waals surface area contributed by atoms with Crippen LogP contribution in [0, 0.1) is 0 Å². The number of amides is 3. The highest BCUT2D eigenvalue weighted by atomic mass is 16.5. The Morgan fingerprint density at radius 3 is 2.57 bits per heavy atom. The Bertz CT molecular complexity index is 661. The fraction of sp³-hybridized carbons (Fsp3) is 0.188. The third-order valence-corrected chi connectivity index (χ3v) is 2.96. The molecule has 0 aliphatic carbocycles. The molecule has 7 heteroatoms. The topological polar surface area (TPSA) is 92.4 Å². The first-order chi connectivity index (χ1) is 11.2. The van der Waals surface area contributed by atoms with Gasteiger partial charge in [0, 0.05) is 31.0 Å². The Hall–Kier alpha value is -3.09. The van der Waals surface area contributed by atoms with Gasteiger partial charge in [0.15, 0.2) is 0 Å². The molecule has 1 heterocycles. The van der Waals surface area contributed by atoms with E-state index < -0.39 is 6.03 Å². The van der Waals surface area contributed by atoms with E-state index in [4.69, 9.17) is 4.74 Å². The summed E-state index contributed by atoms with van der Waals surface area (Å²) in [4.78, 5) is 27.4. The molecule has 0 unspecified atom stereocenters. The molecule has 2 aromatic rings. The summed E-state index contributed by atoms with van der Waals surface area (Å²) < 4.78 is 5.14. The second kappa shape index (κ2) is 8.38. The number of anilines is 2. The molecule has 120 valence electrons. The zero-order valence-corrected chi connectivity index (χ0v) is 12.7. The molecule has 1 aromatic carbocycles. The highest BCUT2D eigenvalue weighted by Crippen LogP contribution is 2.22. The minimum Gasteiger partial charge on any atom is -0.495 e. The van der Waals surface area contributed by atoms with Crippen LogP contribution in [0.15, 0.2) is 48.8 Å². The number of benzene rings is 1. The van der Waals surface area contributed by atoms with E-state index in [1.54, 1.807) is 42.7 Å². The number of pyridine rings is 1. The van der Waals surface area contributed by atoms with Crippen molar-refractivity contribution in [2.45, 2.75) is 6.42 Å². The lowest BCUT2D eigenvalue weighted by atomic mass is 10.3. The standard InChI is InChI=1S/C16H18N4O3/c1-23-14-5-3-2-4-13(14)20-16(22)18-11-8-15(21)19-12-6-9-17-10-7-12/h2-7,9-10H,8,11H2,1H3,(H,17,19,21)(H2,18,20,22). The molecule has 0 saturated heterocycles. The number of nitrogens with one attached hydrogen (secondary N) is 3. The highest BCUT2D eigenvalue weighted by molar-refractivity contribution is 5.93. The summed E-state index contributed by atoms with van der Waals surface area (Å²) in [5, 5.41) is 8.00. The first-order valence-corrected chi connectivity index (χ1v) is 7.07. The van der Waals surface area contributed by atoms with Gasteiger partial charge in [0.25, 0.3) is 0 Å². The third-order valence-electron chi connectivity index (χ3n) is 2.96. The fourth-order valence-electron chi connectivity index (χ4n) is 1.86. The number of rotatable bonds is 6. The molecule has 1 aromatic heterocycles. The second-order valence-electron chi connectivity index (χ2n) is 4.62. The molecular formula is C16H18N4O3. The van der Waals surface area contributed by atoms with Crippen LogP contribution in [-0.2, 0) is 4.79 Å². The van der Waals surface area contributed by atoms with Gasteiger partial charge >= 0.3 is 6.03 Å². The molecule has 0 atom stereocenters. The molecule has 0 fully saturated rings. The molecule has 3 N–H and O–H groups in total. The molecule has 23 heavy (non-hydrogen) atoms. The summed E-state index contributed by atoms with van der Waals surface area (Å²) in [5.41, 5.74) is 1.23. The van der Waals surface area contributed by atoms with Crippen LogP contribution in [0.2, 0.25) is 0 Å². The van der Waals surface area contributed by atoms with Crippen molar-refractivity contribution in [1.29, 1.82) is 0 Å². The van der Waals surface area contributed by atoms with Crippen molar-refractivity contribution >= 4 is 23.3 Å². The van der Waals surface area contributed by atoms with Crippen molar-refractivity contribution in [3.8, 4) is 5.75 Å². The number of aromatic nitrogens is 1. The molecule has 0 spiro atoms. The summed E-state index contributed by atoms with van der Waals surface area (Å²) in [6, 6.07) is 10.1. The number of carbonyl (C=O) groups is 2. The Morgan fingerprint density at radius 2 is 1.83 bits per heavy atom. The van der Waals surface area contributed by atoms with E-state index in [0.29, 0.717) is 17.1 Å². The summed E-state index contributed by atoms with van der Waals surface area (Å²) in [6.45, 7) is 0.220. The van der Waals surface area contributed by atoms with Gasteiger partial charge in [0.05, 0.1) is 12.8 Å². The Morgan fingerprint density at radius 1 is 1.09 bits per heavy atom. The number of nitrogens with zero attached hydrogens (tertiary/aromatic N) is 1. The van der Waals surface area contributed by atoms with Gasteiger partial charge in [-0.25, -0.2) is 4.79 Å². The van der Waals surface area contributed by atoms with E-state index in [2.05, 4.69) is 20.9 Å². The molecule has 0 radical (unpaired) electrons. The maximum atomic E-state index is 11.8. The zero-order valence-electron chi connectivity index (χ0n) is 12.7. The van der Waals surface area contributed by atoms with E-state index >= 15 is 0 Å². The summed E-state index contributed by atoms with van der Waals surface area (Å²) in [5.74, 6) is 0.381. The van der Waals surface area contributed by atoms with Crippen LogP contribution < -0.4 is 20.7 Å². The van der Waals surface area contributed by atoms with Gasteiger partial charge in [-0.1, -0.05) is 12.1 Å². The normalized spacial score (nSPS) is 9.78. The summed E-state index contributed by atoms with van der Waals surface area (Å²) in [6.07, 6.45) is 3.35. The van der Waals surface area contributed by atoms with Gasteiger partial charge in [0.1, 0.15) is 5.75 Å². The lowest BCUT2D eigenvalue weighted by Gasteiger charge is -2.11. The van der Waals surface area contributed by atoms with Gasteiger partial charge in [-0.3, -0.25) is 9.78 Å². The number of carbonyl (C=O) groups excluding carboxylic acids is 2. The number of ether oxygens (including phenoxy) is 1. The van der Waals surface area contributed by atoms with E-state index in [9.17, 15) is 9.59 Å². The molecule has 7 nitrogen and oxygen atoms in total. The van der Waals surface area contributed by atoms with E-state index in [1.807, 2.05) is 6.07 Å². The van der Waals surface area contributed by atoms with Gasteiger partial charge in [-0.15, -0.1) is 0 Å². The molecule has 0 saturated carbocycles. The third kappa shape index (κ3) is 5.31. The number of para-hydroxylation sites is 2.